The third-order valence-corrected chi connectivity index (χ3v) is 8.08. The first kappa shape index (κ1) is 26.9. The molecule has 3 aromatic rings. The van der Waals surface area contributed by atoms with Gasteiger partial charge in [0.25, 0.3) is 0 Å². The number of piperidine rings is 2. The molecule has 2 aliphatic heterocycles. The van der Waals surface area contributed by atoms with Gasteiger partial charge in [0.2, 0.25) is 0 Å². The van der Waals surface area contributed by atoms with E-state index in [1.54, 1.807) is 24.3 Å². The highest BCUT2D eigenvalue weighted by molar-refractivity contribution is 6.36. The maximum atomic E-state index is 13.6. The van der Waals surface area contributed by atoms with Gasteiger partial charge in [-0.25, -0.2) is 9.78 Å². The summed E-state index contributed by atoms with van der Waals surface area (Å²) in [6.45, 7) is 4.29. The second kappa shape index (κ2) is 11.2. The second-order valence-corrected chi connectivity index (χ2v) is 10.5. The van der Waals surface area contributed by atoms with Gasteiger partial charge in [-0.1, -0.05) is 36.2 Å². The first-order valence-corrected chi connectivity index (χ1v) is 13.5. The molecule has 5 nitrogen and oxygen atoms in total. The number of carbonyl (C=O) groups is 1. The van der Waals surface area contributed by atoms with Crippen LogP contribution in [0.25, 0.3) is 22.2 Å². The minimum Gasteiger partial charge on any atom is -0.465 e. The molecule has 1 aromatic heterocycles. The van der Waals surface area contributed by atoms with Crippen LogP contribution in [0.15, 0.2) is 42.5 Å². The molecule has 0 N–H and O–H groups in total. The first-order chi connectivity index (χ1) is 18.3. The minimum atomic E-state index is -4.50. The monoisotopic (exact) mass is 545 g/mol. The molecule has 38 heavy (non-hydrogen) atoms. The predicted molar refractivity (Wildman–Crippen MR) is 142 cm³/mol. The Hall–Kier alpha value is -2.68. The van der Waals surface area contributed by atoms with Gasteiger partial charge >= 0.3 is 12.1 Å². The molecule has 2 aromatic carbocycles. The van der Waals surface area contributed by atoms with E-state index >= 15 is 0 Å². The van der Waals surface area contributed by atoms with Crippen molar-refractivity contribution in [2.24, 2.45) is 0 Å². The Bertz CT molecular complexity index is 1320. The van der Waals surface area contributed by atoms with Gasteiger partial charge in [-0.2, -0.15) is 13.2 Å². The first-order valence-electron chi connectivity index (χ1n) is 13.1. The number of fused-ring (bicyclic) bond motifs is 1. The van der Waals surface area contributed by atoms with Crippen molar-refractivity contribution in [2.45, 2.75) is 50.9 Å². The van der Waals surface area contributed by atoms with Gasteiger partial charge in [-0.3, -0.25) is 4.90 Å². The van der Waals surface area contributed by atoms with E-state index in [1.807, 2.05) is 0 Å². The van der Waals surface area contributed by atoms with E-state index in [2.05, 4.69) is 9.80 Å². The molecule has 0 saturated carbocycles. The zero-order valence-electron chi connectivity index (χ0n) is 21.4. The Balaban J connectivity index is 1.57. The summed E-state index contributed by atoms with van der Waals surface area (Å²) in [4.78, 5) is 22.8. The normalized spacial score (nSPS) is 18.1. The summed E-state index contributed by atoms with van der Waals surface area (Å²) >= 11 is 6.55. The van der Waals surface area contributed by atoms with Crippen molar-refractivity contribution in [1.29, 1.82) is 0 Å². The van der Waals surface area contributed by atoms with E-state index in [0.29, 0.717) is 45.3 Å². The standard InChI is InChI=1S/C29H31ClF3N3O2/c1-38-28(37)25-22(18-35-15-11-21(12-16-35)36-13-3-2-4-14-36)27(34-24-10-6-9-23(30)26(24)25)19-7-5-8-20(17-19)29(31,32)33/h5-10,17,21H,2-4,11-16,18H2,1H3. The summed E-state index contributed by atoms with van der Waals surface area (Å²) in [5.41, 5.74) is 1.09. The third kappa shape index (κ3) is 5.53. The van der Waals surface area contributed by atoms with Crippen LogP contribution in [-0.4, -0.2) is 60.1 Å². The molecule has 0 bridgehead atoms. The van der Waals surface area contributed by atoms with Crippen molar-refractivity contribution in [3.8, 4) is 11.3 Å². The number of esters is 1. The summed E-state index contributed by atoms with van der Waals surface area (Å²) in [5, 5.41) is 0.797. The Morgan fingerprint density at radius 2 is 1.76 bits per heavy atom. The number of methoxy groups -OCH3 is 1. The molecular formula is C29H31ClF3N3O2. The fourth-order valence-electron chi connectivity index (χ4n) is 5.82. The molecule has 5 rings (SSSR count). The van der Waals surface area contributed by atoms with E-state index in [-0.39, 0.29) is 5.56 Å². The highest BCUT2D eigenvalue weighted by Gasteiger charge is 2.32. The quantitative estimate of drug-likeness (QED) is 0.330. The maximum Gasteiger partial charge on any atom is 0.416 e. The lowest BCUT2D eigenvalue weighted by Gasteiger charge is -2.40. The second-order valence-electron chi connectivity index (χ2n) is 10.1. The van der Waals surface area contributed by atoms with Crippen LogP contribution in [0.2, 0.25) is 5.02 Å². The fourth-order valence-corrected chi connectivity index (χ4v) is 6.09. The van der Waals surface area contributed by atoms with Crippen LogP contribution >= 0.6 is 11.6 Å². The highest BCUT2D eigenvalue weighted by atomic mass is 35.5. The van der Waals surface area contributed by atoms with Crippen LogP contribution in [0.4, 0.5) is 13.2 Å². The Morgan fingerprint density at radius 3 is 2.45 bits per heavy atom. The molecular weight excluding hydrogens is 515 g/mol. The molecule has 2 aliphatic rings. The number of nitrogens with zero attached hydrogens (tertiary/aromatic N) is 3. The van der Waals surface area contributed by atoms with Gasteiger partial charge in [0.15, 0.2) is 0 Å². The van der Waals surface area contributed by atoms with Gasteiger partial charge in [0.1, 0.15) is 0 Å². The topological polar surface area (TPSA) is 45.7 Å². The molecule has 0 atom stereocenters. The molecule has 0 aliphatic carbocycles. The zero-order chi connectivity index (χ0) is 26.9. The van der Waals surface area contributed by atoms with Crippen LogP contribution in [-0.2, 0) is 17.5 Å². The van der Waals surface area contributed by atoms with E-state index in [1.165, 1.54) is 32.4 Å². The highest BCUT2D eigenvalue weighted by Crippen LogP contribution is 2.38. The summed E-state index contributed by atoms with van der Waals surface area (Å²) in [5.74, 6) is -0.586. The number of aromatic nitrogens is 1. The zero-order valence-corrected chi connectivity index (χ0v) is 22.1. The molecule has 0 spiro atoms. The summed E-state index contributed by atoms with van der Waals surface area (Å²) < 4.78 is 45.9. The van der Waals surface area contributed by atoms with E-state index in [0.717, 1.165) is 51.2 Å². The summed E-state index contributed by atoms with van der Waals surface area (Å²) in [6, 6.07) is 10.7. The number of carbonyl (C=O) groups excluding carboxylic acids is 1. The van der Waals surface area contributed by atoms with Crippen LogP contribution < -0.4 is 0 Å². The number of pyridine rings is 1. The molecule has 0 unspecified atom stereocenters. The van der Waals surface area contributed by atoms with Crippen molar-refractivity contribution in [2.75, 3.05) is 33.3 Å². The van der Waals surface area contributed by atoms with Gasteiger partial charge in [0, 0.05) is 29.1 Å². The van der Waals surface area contributed by atoms with Crippen LogP contribution in [0.3, 0.4) is 0 Å². The van der Waals surface area contributed by atoms with Crippen molar-refractivity contribution in [3.63, 3.8) is 0 Å². The lowest BCUT2D eigenvalue weighted by Crippen LogP contribution is -2.46. The molecule has 0 radical (unpaired) electrons. The molecule has 9 heteroatoms. The Morgan fingerprint density at radius 1 is 1.05 bits per heavy atom. The maximum absolute atomic E-state index is 13.6. The smallest absolute Gasteiger partial charge is 0.416 e. The van der Waals surface area contributed by atoms with Gasteiger partial charge in [-0.05, 0) is 76.1 Å². The summed E-state index contributed by atoms with van der Waals surface area (Å²) in [7, 11) is 1.29. The third-order valence-electron chi connectivity index (χ3n) is 7.76. The number of likely N-dealkylation sites (tertiary alicyclic amines) is 2. The van der Waals surface area contributed by atoms with E-state index < -0.39 is 17.7 Å². The fraction of sp³-hybridized carbons (Fsp3) is 0.448. The van der Waals surface area contributed by atoms with E-state index in [4.69, 9.17) is 21.3 Å². The molecule has 2 fully saturated rings. The van der Waals surface area contributed by atoms with Gasteiger partial charge < -0.3 is 9.64 Å². The number of hydrogen-bond donors (Lipinski definition) is 0. The number of hydrogen-bond acceptors (Lipinski definition) is 5. The van der Waals surface area contributed by atoms with Gasteiger partial charge in [0.05, 0.1) is 34.5 Å². The molecule has 202 valence electrons. The number of benzene rings is 2. The van der Waals surface area contributed by atoms with Crippen LogP contribution in [0.1, 0.15) is 53.6 Å². The van der Waals surface area contributed by atoms with Crippen molar-refractivity contribution in [1.82, 2.24) is 14.8 Å². The largest absolute Gasteiger partial charge is 0.465 e. The predicted octanol–water partition coefficient (Wildman–Crippen LogP) is 6.81. The lowest BCUT2D eigenvalue weighted by molar-refractivity contribution is -0.137. The SMILES string of the molecule is COC(=O)c1c(CN2CCC(N3CCCCC3)CC2)c(-c2cccc(C(F)(F)F)c2)nc2cccc(Cl)c12. The number of alkyl halides is 3. The molecule has 2 saturated heterocycles. The van der Waals surface area contributed by atoms with Gasteiger partial charge in [-0.15, -0.1) is 0 Å². The van der Waals surface area contributed by atoms with Crippen molar-refractivity contribution < 1.29 is 22.7 Å². The molecule has 3 heterocycles. The Kier molecular flexibility index (Phi) is 7.93. The molecule has 0 amide bonds. The Labute approximate surface area is 225 Å². The van der Waals surface area contributed by atoms with Crippen LogP contribution in [0, 0.1) is 0 Å². The minimum absolute atomic E-state index is 0.258. The van der Waals surface area contributed by atoms with Crippen molar-refractivity contribution >= 4 is 28.5 Å². The van der Waals surface area contributed by atoms with Crippen LogP contribution in [0.5, 0.6) is 0 Å². The number of ether oxygens (including phenoxy) is 1. The average molecular weight is 546 g/mol. The van der Waals surface area contributed by atoms with E-state index in [9.17, 15) is 18.0 Å². The van der Waals surface area contributed by atoms with Crippen molar-refractivity contribution in [3.05, 3.63) is 64.2 Å². The lowest BCUT2D eigenvalue weighted by atomic mass is 9.94. The summed E-state index contributed by atoms with van der Waals surface area (Å²) in [6.07, 6.45) is 1.29. The number of halogens is 4. The number of rotatable bonds is 5. The average Bonchev–Trinajstić information content (AvgIpc) is 2.93.